The quantitative estimate of drug-likeness (QED) is 0.581. The number of imidazole rings is 1. The molecule has 164 valence electrons. The van der Waals surface area contributed by atoms with Crippen LogP contribution >= 0.6 is 11.3 Å². The van der Waals surface area contributed by atoms with Gasteiger partial charge in [-0.05, 0) is 63.9 Å². The van der Waals surface area contributed by atoms with Crippen molar-refractivity contribution < 1.29 is 4.79 Å². The monoisotopic (exact) mass is 437 g/mol. The van der Waals surface area contributed by atoms with Crippen molar-refractivity contribution in [3.8, 4) is 0 Å². The van der Waals surface area contributed by atoms with Gasteiger partial charge in [0.05, 0.1) is 5.69 Å². The number of fused-ring (bicyclic) bond motifs is 1. The molecule has 1 N–H and O–H groups in total. The van der Waals surface area contributed by atoms with Crippen LogP contribution in [0.1, 0.15) is 50.1 Å². The van der Waals surface area contributed by atoms with Crippen LogP contribution < -0.4 is 5.32 Å². The van der Waals surface area contributed by atoms with Crippen LogP contribution in [0.2, 0.25) is 0 Å². The number of amides is 1. The van der Waals surface area contributed by atoms with E-state index in [1.54, 1.807) is 11.3 Å². The summed E-state index contributed by atoms with van der Waals surface area (Å²) >= 11 is 1.73. The number of anilines is 2. The maximum Gasteiger partial charge on any atom is 0.222 e. The molecular formula is C24H31N5OS. The van der Waals surface area contributed by atoms with E-state index >= 15 is 0 Å². The minimum atomic E-state index is 0.302. The van der Waals surface area contributed by atoms with Gasteiger partial charge in [-0.25, -0.2) is 4.98 Å². The van der Waals surface area contributed by atoms with Gasteiger partial charge < -0.3 is 15.1 Å². The van der Waals surface area contributed by atoms with Crippen LogP contribution in [0.5, 0.6) is 0 Å². The summed E-state index contributed by atoms with van der Waals surface area (Å²) in [5.74, 6) is 1.47. The van der Waals surface area contributed by atoms with Crippen LogP contribution in [0.4, 0.5) is 11.6 Å². The molecule has 1 aromatic carbocycles. The summed E-state index contributed by atoms with van der Waals surface area (Å²) in [6, 6.07) is 10.2. The highest BCUT2D eigenvalue weighted by molar-refractivity contribution is 7.15. The highest BCUT2D eigenvalue weighted by Crippen LogP contribution is 2.34. The number of aromatic nitrogens is 2. The third-order valence-electron chi connectivity index (χ3n) is 6.54. The van der Waals surface area contributed by atoms with E-state index in [9.17, 15) is 4.79 Å². The molecule has 7 heteroatoms. The minimum absolute atomic E-state index is 0.302. The van der Waals surface area contributed by atoms with E-state index in [2.05, 4.69) is 43.2 Å². The van der Waals surface area contributed by atoms with Gasteiger partial charge in [0.15, 0.2) is 0 Å². The standard InChI is InChI=1S/C24H31N5OS/c30-21(11-7-14-27-12-4-5-13-27)28-15-6-8-19(18-28)22-23-29(16-17-31-23)24(26-22)25-20-9-2-1-3-10-20/h1-3,9-10,16-17,19H,4-8,11-15,18H2,(H,25,26)/t19-/m1/s1. The zero-order valence-electron chi connectivity index (χ0n) is 18.0. The normalized spacial score (nSPS) is 19.9. The lowest BCUT2D eigenvalue weighted by Crippen LogP contribution is -2.39. The molecule has 3 aromatic rings. The fourth-order valence-electron chi connectivity index (χ4n) is 4.90. The second-order valence-electron chi connectivity index (χ2n) is 8.72. The molecule has 0 spiro atoms. The summed E-state index contributed by atoms with van der Waals surface area (Å²) in [7, 11) is 0. The lowest BCUT2D eigenvalue weighted by Gasteiger charge is -2.32. The average Bonchev–Trinajstić information content (AvgIpc) is 3.54. The number of rotatable bonds is 7. The molecule has 2 aliphatic heterocycles. The first-order chi connectivity index (χ1) is 15.3. The molecule has 0 bridgehead atoms. The van der Waals surface area contributed by atoms with E-state index in [0.29, 0.717) is 18.2 Å². The summed E-state index contributed by atoms with van der Waals surface area (Å²) in [6.07, 6.45) is 8.48. The molecule has 0 radical (unpaired) electrons. The Bertz CT molecular complexity index is 1010. The second-order valence-corrected chi connectivity index (χ2v) is 9.62. The summed E-state index contributed by atoms with van der Waals surface area (Å²) in [5.41, 5.74) is 2.16. The van der Waals surface area contributed by atoms with E-state index in [1.807, 2.05) is 18.2 Å². The third-order valence-corrected chi connectivity index (χ3v) is 7.42. The van der Waals surface area contributed by atoms with Gasteiger partial charge in [-0.15, -0.1) is 11.3 Å². The summed E-state index contributed by atoms with van der Waals surface area (Å²) in [6.45, 7) is 5.15. The topological polar surface area (TPSA) is 52.9 Å². The van der Waals surface area contributed by atoms with Gasteiger partial charge in [0.1, 0.15) is 4.83 Å². The van der Waals surface area contributed by atoms with E-state index in [4.69, 9.17) is 4.98 Å². The smallest absolute Gasteiger partial charge is 0.222 e. The van der Waals surface area contributed by atoms with Crippen molar-refractivity contribution in [1.82, 2.24) is 19.2 Å². The fraction of sp³-hybridized carbons (Fsp3) is 0.500. The minimum Gasteiger partial charge on any atom is -0.342 e. The summed E-state index contributed by atoms with van der Waals surface area (Å²) < 4.78 is 2.14. The molecule has 1 amide bonds. The van der Waals surface area contributed by atoms with Crippen molar-refractivity contribution in [2.45, 2.75) is 44.4 Å². The first-order valence-corrected chi connectivity index (χ1v) is 12.4. The number of thiazole rings is 1. The number of hydrogen-bond acceptors (Lipinski definition) is 5. The molecule has 2 saturated heterocycles. The van der Waals surface area contributed by atoms with Crippen molar-refractivity contribution in [3.63, 3.8) is 0 Å². The Morgan fingerprint density at radius 1 is 1.13 bits per heavy atom. The van der Waals surface area contributed by atoms with Gasteiger partial charge >= 0.3 is 0 Å². The van der Waals surface area contributed by atoms with Crippen molar-refractivity contribution >= 4 is 33.7 Å². The summed E-state index contributed by atoms with van der Waals surface area (Å²) in [5, 5.41) is 5.57. The number of carbonyl (C=O) groups excluding carboxylic acids is 1. The lowest BCUT2D eigenvalue weighted by molar-refractivity contribution is -0.132. The van der Waals surface area contributed by atoms with Crippen molar-refractivity contribution in [2.75, 3.05) is 38.0 Å². The highest BCUT2D eigenvalue weighted by Gasteiger charge is 2.29. The number of hydrogen-bond donors (Lipinski definition) is 1. The second kappa shape index (κ2) is 9.40. The number of carbonyl (C=O) groups is 1. The Hall–Kier alpha value is -2.38. The number of benzene rings is 1. The Labute approximate surface area is 187 Å². The van der Waals surface area contributed by atoms with Crippen LogP contribution in [-0.2, 0) is 4.79 Å². The molecule has 0 saturated carbocycles. The maximum atomic E-state index is 12.9. The first-order valence-electron chi connectivity index (χ1n) is 11.6. The predicted molar refractivity (Wildman–Crippen MR) is 126 cm³/mol. The van der Waals surface area contributed by atoms with E-state index in [0.717, 1.165) is 56.2 Å². The largest absolute Gasteiger partial charge is 0.342 e. The molecule has 2 fully saturated rings. The lowest BCUT2D eigenvalue weighted by atomic mass is 9.95. The van der Waals surface area contributed by atoms with Crippen LogP contribution in [0.25, 0.3) is 4.83 Å². The Balaban J connectivity index is 1.25. The van der Waals surface area contributed by atoms with Gasteiger partial charge in [-0.1, -0.05) is 18.2 Å². The third kappa shape index (κ3) is 4.62. The van der Waals surface area contributed by atoms with Gasteiger partial charge in [0, 0.05) is 42.7 Å². The number of likely N-dealkylation sites (tertiary alicyclic amines) is 2. The zero-order chi connectivity index (χ0) is 21.0. The Morgan fingerprint density at radius 3 is 2.81 bits per heavy atom. The molecule has 1 atom stereocenters. The molecule has 2 aliphatic rings. The Morgan fingerprint density at radius 2 is 1.97 bits per heavy atom. The first kappa shape index (κ1) is 20.5. The van der Waals surface area contributed by atoms with Crippen LogP contribution in [0.15, 0.2) is 41.9 Å². The molecule has 5 rings (SSSR count). The highest BCUT2D eigenvalue weighted by atomic mass is 32.1. The van der Waals surface area contributed by atoms with Gasteiger partial charge in [-0.2, -0.15) is 0 Å². The van der Waals surface area contributed by atoms with Crippen molar-refractivity contribution in [1.29, 1.82) is 0 Å². The van der Waals surface area contributed by atoms with Crippen LogP contribution in [0, 0.1) is 0 Å². The van der Waals surface area contributed by atoms with E-state index in [-0.39, 0.29) is 0 Å². The number of piperidine rings is 1. The van der Waals surface area contributed by atoms with Crippen LogP contribution in [0.3, 0.4) is 0 Å². The molecule has 0 aliphatic carbocycles. The average molecular weight is 438 g/mol. The molecular weight excluding hydrogens is 406 g/mol. The molecule has 31 heavy (non-hydrogen) atoms. The molecule has 0 unspecified atom stereocenters. The number of nitrogens with zero attached hydrogens (tertiary/aromatic N) is 4. The number of nitrogens with one attached hydrogen (secondary N) is 1. The molecule has 2 aromatic heterocycles. The van der Waals surface area contributed by atoms with Crippen LogP contribution in [-0.4, -0.2) is 57.8 Å². The van der Waals surface area contributed by atoms with Gasteiger partial charge in [-0.3, -0.25) is 9.20 Å². The van der Waals surface area contributed by atoms with Crippen molar-refractivity contribution in [2.24, 2.45) is 0 Å². The molecule has 6 nitrogen and oxygen atoms in total. The summed E-state index contributed by atoms with van der Waals surface area (Å²) in [4.78, 5) is 23.6. The van der Waals surface area contributed by atoms with Crippen molar-refractivity contribution in [3.05, 3.63) is 47.6 Å². The SMILES string of the molecule is O=C(CCCN1CCCC1)N1CCC[C@@H](c2nc(Nc3ccccc3)n3ccsc23)C1. The maximum absolute atomic E-state index is 12.9. The zero-order valence-corrected chi connectivity index (χ0v) is 18.8. The van der Waals surface area contributed by atoms with E-state index in [1.165, 1.54) is 30.8 Å². The predicted octanol–water partition coefficient (Wildman–Crippen LogP) is 4.72. The van der Waals surface area contributed by atoms with E-state index < -0.39 is 0 Å². The fourth-order valence-corrected chi connectivity index (χ4v) is 5.80. The van der Waals surface area contributed by atoms with Gasteiger partial charge in [0.25, 0.3) is 0 Å². The van der Waals surface area contributed by atoms with Gasteiger partial charge in [0.2, 0.25) is 11.9 Å². The Kier molecular flexibility index (Phi) is 6.22. The molecule has 4 heterocycles. The number of para-hydroxylation sites is 1.